The van der Waals surface area contributed by atoms with Gasteiger partial charge < -0.3 is 11.6 Å². The first-order valence-electron chi connectivity index (χ1n) is 5.46. The zero-order valence-electron chi connectivity index (χ0n) is 10.3. The van der Waals surface area contributed by atoms with Crippen LogP contribution in [0.4, 0.5) is 5.95 Å². The van der Waals surface area contributed by atoms with E-state index in [1.54, 1.807) is 0 Å². The molecule has 90 valence electrons. The summed E-state index contributed by atoms with van der Waals surface area (Å²) < 4.78 is 1.28. The van der Waals surface area contributed by atoms with Crippen molar-refractivity contribution in [2.75, 3.05) is 11.6 Å². The van der Waals surface area contributed by atoms with E-state index in [9.17, 15) is 0 Å². The van der Waals surface area contributed by atoms with E-state index in [0.29, 0.717) is 5.82 Å². The molecule has 0 saturated carbocycles. The highest BCUT2D eigenvalue weighted by Crippen LogP contribution is 2.25. The molecule has 0 saturated heterocycles. The Bertz CT molecular complexity index is 519. The predicted octanol–water partition coefficient (Wildman–Crippen LogP) is 1.54. The third-order valence-electron chi connectivity index (χ3n) is 2.73. The molecule has 4 N–H and O–H groups in total. The first-order valence-corrected chi connectivity index (χ1v) is 5.46. The van der Waals surface area contributed by atoms with Gasteiger partial charge >= 0.3 is 0 Å². The average molecular weight is 231 g/mol. The summed E-state index contributed by atoms with van der Waals surface area (Å²) in [6.45, 7) is 6.52. The molecule has 0 bridgehead atoms. The molecule has 1 heterocycles. The predicted molar refractivity (Wildman–Crippen MR) is 68.7 cm³/mol. The number of benzene rings is 1. The molecule has 5 nitrogen and oxygen atoms in total. The third-order valence-corrected chi connectivity index (χ3v) is 2.73. The fourth-order valence-corrected chi connectivity index (χ4v) is 1.62. The van der Waals surface area contributed by atoms with Crippen molar-refractivity contribution in [1.82, 2.24) is 14.9 Å². The van der Waals surface area contributed by atoms with Crippen LogP contribution in [0.25, 0.3) is 11.4 Å². The summed E-state index contributed by atoms with van der Waals surface area (Å²) in [4.78, 5) is 0. The van der Waals surface area contributed by atoms with Crippen LogP contribution in [0.2, 0.25) is 0 Å². The Balaban J connectivity index is 2.40. The molecule has 1 aromatic carbocycles. The highest BCUT2D eigenvalue weighted by molar-refractivity contribution is 5.57. The Morgan fingerprint density at radius 1 is 1.06 bits per heavy atom. The zero-order chi connectivity index (χ0) is 12.6. The molecule has 0 aliphatic rings. The second-order valence-corrected chi connectivity index (χ2v) is 5.08. The van der Waals surface area contributed by atoms with Crippen molar-refractivity contribution in [1.29, 1.82) is 0 Å². The first kappa shape index (κ1) is 11.4. The van der Waals surface area contributed by atoms with Gasteiger partial charge in [0.2, 0.25) is 5.95 Å². The highest BCUT2D eigenvalue weighted by atomic mass is 15.4. The molecule has 1 aromatic heterocycles. The van der Waals surface area contributed by atoms with Crippen molar-refractivity contribution in [2.24, 2.45) is 0 Å². The fourth-order valence-electron chi connectivity index (χ4n) is 1.62. The molecule has 0 atom stereocenters. The molecule has 0 unspecified atom stereocenters. The number of rotatable bonds is 1. The van der Waals surface area contributed by atoms with Crippen molar-refractivity contribution in [2.45, 2.75) is 26.2 Å². The van der Waals surface area contributed by atoms with Gasteiger partial charge in [-0.3, -0.25) is 0 Å². The second-order valence-electron chi connectivity index (χ2n) is 5.08. The average Bonchev–Trinajstić information content (AvgIpc) is 2.59. The van der Waals surface area contributed by atoms with E-state index in [0.717, 1.165) is 5.56 Å². The largest absolute Gasteiger partial charge is 0.366 e. The lowest BCUT2D eigenvalue weighted by Gasteiger charge is -2.18. The number of nitrogens with zero attached hydrogens (tertiary/aromatic N) is 3. The van der Waals surface area contributed by atoms with Gasteiger partial charge in [-0.2, -0.15) is 0 Å². The van der Waals surface area contributed by atoms with Crippen molar-refractivity contribution in [3.63, 3.8) is 0 Å². The molecule has 0 radical (unpaired) electrons. The van der Waals surface area contributed by atoms with E-state index in [1.165, 1.54) is 10.2 Å². The van der Waals surface area contributed by atoms with Crippen LogP contribution in [-0.2, 0) is 5.41 Å². The van der Waals surface area contributed by atoms with Gasteiger partial charge in [0, 0.05) is 5.56 Å². The van der Waals surface area contributed by atoms with Crippen molar-refractivity contribution in [3.8, 4) is 11.4 Å². The number of nitrogens with two attached hydrogens (primary N) is 2. The lowest BCUT2D eigenvalue weighted by atomic mass is 9.87. The Kier molecular flexibility index (Phi) is 2.53. The minimum atomic E-state index is 0.133. The highest BCUT2D eigenvalue weighted by Gasteiger charge is 2.14. The SMILES string of the molecule is CC(C)(C)c1ccc(-c2nnc(N)n2N)cc1. The third kappa shape index (κ3) is 2.08. The lowest BCUT2D eigenvalue weighted by molar-refractivity contribution is 0.590. The molecule has 0 fully saturated rings. The summed E-state index contributed by atoms with van der Waals surface area (Å²) in [6.07, 6.45) is 0. The smallest absolute Gasteiger partial charge is 0.241 e. The van der Waals surface area contributed by atoms with E-state index in [2.05, 4.69) is 43.1 Å². The standard InChI is InChI=1S/C12H17N5/c1-12(2,3)9-6-4-8(5-7-9)10-15-16-11(13)17(10)14/h4-7H,14H2,1-3H3,(H2,13,16). The summed E-state index contributed by atoms with van der Waals surface area (Å²) in [5.41, 5.74) is 7.84. The van der Waals surface area contributed by atoms with Gasteiger partial charge in [0.15, 0.2) is 5.82 Å². The summed E-state index contributed by atoms with van der Waals surface area (Å²) in [6, 6.07) is 8.10. The summed E-state index contributed by atoms with van der Waals surface area (Å²) in [5.74, 6) is 6.51. The number of anilines is 1. The molecule has 0 spiro atoms. The maximum atomic E-state index is 5.73. The van der Waals surface area contributed by atoms with Gasteiger partial charge in [0.05, 0.1) is 0 Å². The van der Waals surface area contributed by atoms with Crippen LogP contribution in [0.1, 0.15) is 26.3 Å². The molecule has 5 heteroatoms. The minimum Gasteiger partial charge on any atom is -0.366 e. The van der Waals surface area contributed by atoms with Crippen LogP contribution in [0, 0.1) is 0 Å². The number of aromatic nitrogens is 3. The van der Waals surface area contributed by atoms with E-state index in [4.69, 9.17) is 11.6 Å². The van der Waals surface area contributed by atoms with E-state index in [-0.39, 0.29) is 11.4 Å². The summed E-state index contributed by atoms with van der Waals surface area (Å²) in [7, 11) is 0. The van der Waals surface area contributed by atoms with Gasteiger partial charge in [-0.15, -0.1) is 10.2 Å². The van der Waals surface area contributed by atoms with Crippen molar-refractivity contribution in [3.05, 3.63) is 29.8 Å². The summed E-state index contributed by atoms with van der Waals surface area (Å²) >= 11 is 0. The van der Waals surface area contributed by atoms with Crippen molar-refractivity contribution < 1.29 is 0 Å². The minimum absolute atomic E-state index is 0.133. The molecule has 2 rings (SSSR count). The quantitative estimate of drug-likeness (QED) is 0.729. The number of hydrogen-bond donors (Lipinski definition) is 2. The van der Waals surface area contributed by atoms with E-state index < -0.39 is 0 Å². The van der Waals surface area contributed by atoms with Gasteiger partial charge in [0.25, 0.3) is 0 Å². The monoisotopic (exact) mass is 231 g/mol. The van der Waals surface area contributed by atoms with Crippen LogP contribution >= 0.6 is 0 Å². The Hall–Kier alpha value is -2.04. The second kappa shape index (κ2) is 3.76. The topological polar surface area (TPSA) is 82.8 Å². The molecule has 0 aliphatic heterocycles. The lowest BCUT2D eigenvalue weighted by Crippen LogP contribution is -2.14. The maximum absolute atomic E-state index is 5.73. The summed E-state index contributed by atoms with van der Waals surface area (Å²) in [5, 5.41) is 7.67. The molecular weight excluding hydrogens is 214 g/mol. The van der Waals surface area contributed by atoms with Crippen molar-refractivity contribution >= 4 is 5.95 Å². The molecule has 0 aliphatic carbocycles. The van der Waals surface area contributed by atoms with E-state index >= 15 is 0 Å². The maximum Gasteiger partial charge on any atom is 0.241 e. The number of nitrogen functional groups attached to an aromatic ring is 2. The molecule has 0 amide bonds. The fraction of sp³-hybridized carbons (Fsp3) is 0.333. The zero-order valence-corrected chi connectivity index (χ0v) is 10.3. The normalized spacial score (nSPS) is 11.7. The Labute approximate surface area is 100 Å². The van der Waals surface area contributed by atoms with Crippen LogP contribution in [0.15, 0.2) is 24.3 Å². The van der Waals surface area contributed by atoms with Crippen LogP contribution < -0.4 is 11.6 Å². The first-order chi connectivity index (χ1) is 7.89. The molecule has 17 heavy (non-hydrogen) atoms. The van der Waals surface area contributed by atoms with Gasteiger partial charge in [-0.1, -0.05) is 45.0 Å². The Morgan fingerprint density at radius 3 is 2.06 bits per heavy atom. The van der Waals surface area contributed by atoms with Gasteiger partial charge in [0.1, 0.15) is 0 Å². The molecular formula is C12H17N5. The Morgan fingerprint density at radius 2 is 1.65 bits per heavy atom. The van der Waals surface area contributed by atoms with Gasteiger partial charge in [-0.25, -0.2) is 4.68 Å². The van der Waals surface area contributed by atoms with Crippen LogP contribution in [0.3, 0.4) is 0 Å². The number of hydrogen-bond acceptors (Lipinski definition) is 4. The molecule has 2 aromatic rings. The van der Waals surface area contributed by atoms with Crippen LogP contribution in [0.5, 0.6) is 0 Å². The van der Waals surface area contributed by atoms with E-state index in [1.807, 2.05) is 12.1 Å². The van der Waals surface area contributed by atoms with Crippen LogP contribution in [-0.4, -0.2) is 14.9 Å². The van der Waals surface area contributed by atoms with Gasteiger partial charge in [-0.05, 0) is 11.0 Å².